The van der Waals surface area contributed by atoms with Crippen molar-refractivity contribution in [1.82, 2.24) is 15.1 Å². The Morgan fingerprint density at radius 1 is 0.872 bits per heavy atom. The molecule has 3 atom stereocenters. The van der Waals surface area contributed by atoms with E-state index in [-0.39, 0.29) is 24.1 Å². The monoisotopic (exact) mass is 657 g/mol. The van der Waals surface area contributed by atoms with Crippen molar-refractivity contribution in [3.8, 4) is 0 Å². The van der Waals surface area contributed by atoms with Gasteiger partial charge >= 0.3 is 18.1 Å². The number of carbonyl (C=O) groups is 4. The highest BCUT2D eigenvalue weighted by Crippen LogP contribution is 2.40. The number of halogens is 3. The average Bonchev–Trinajstić information content (AvgIpc) is 3.04. The van der Waals surface area contributed by atoms with E-state index in [1.54, 1.807) is 19.0 Å². The Balaban J connectivity index is 0.000000913. The van der Waals surface area contributed by atoms with Crippen molar-refractivity contribution in [3.63, 3.8) is 0 Å². The van der Waals surface area contributed by atoms with Crippen LogP contribution in [0.15, 0.2) is 84.9 Å². The molecule has 0 saturated carbocycles. The molecule has 3 aromatic rings. The fraction of sp³-hybridized carbons (Fsp3) is 0.353. The predicted octanol–water partition coefficient (Wildman–Crippen LogP) is 3.88. The number of aliphatic carboxylic acids is 2. The van der Waals surface area contributed by atoms with Crippen LogP contribution in [0.25, 0.3) is 0 Å². The smallest absolute Gasteiger partial charge is 0.416 e. The molecule has 1 unspecified atom stereocenters. The number of nitrogens with one attached hydrogen (secondary N) is 1. The minimum Gasteiger partial charge on any atom is -0.473 e. The first-order valence-corrected chi connectivity index (χ1v) is 14.8. The van der Waals surface area contributed by atoms with Crippen LogP contribution < -0.4 is 5.32 Å². The lowest BCUT2D eigenvalue weighted by Crippen LogP contribution is -2.57. The van der Waals surface area contributed by atoms with Gasteiger partial charge in [-0.05, 0) is 49.1 Å². The standard InChI is InChI=1S/C32H36F3N3O3.C2H2O4/c1-22(20-31(30(41)37(2)3,24-12-6-4-7-13-24)25-14-8-5-9-15-25)38-18-17-27(28(39)21-38)36-29(40)23-11-10-16-26(19-23)32(33,34)35;3-1(4)2(5)6/h4-16,19,22,27-28,39H,17-18,20-21H2,1-3H3,(H,36,40);(H,3,4)(H,5,6)/t22?,27-,28+;/m1./s1. The third kappa shape index (κ3) is 9.17. The number of hydrogen-bond donors (Lipinski definition) is 4. The Kier molecular flexibility index (Phi) is 12.3. The lowest BCUT2D eigenvalue weighted by molar-refractivity contribution is -0.159. The van der Waals surface area contributed by atoms with Crippen molar-refractivity contribution in [1.29, 1.82) is 0 Å². The third-order valence-electron chi connectivity index (χ3n) is 8.09. The molecule has 1 aliphatic rings. The molecule has 1 saturated heterocycles. The molecule has 1 aliphatic heterocycles. The van der Waals surface area contributed by atoms with Gasteiger partial charge in [-0.15, -0.1) is 0 Å². The number of carboxylic acid groups (broad SMARTS) is 2. The predicted molar refractivity (Wildman–Crippen MR) is 167 cm³/mol. The van der Waals surface area contributed by atoms with Gasteiger partial charge < -0.3 is 25.5 Å². The number of hydrogen-bond acceptors (Lipinski definition) is 6. The number of alkyl halides is 3. The summed E-state index contributed by atoms with van der Waals surface area (Å²) in [5.74, 6) is -4.36. The Bertz CT molecular complexity index is 1480. The molecule has 2 amide bonds. The molecule has 4 rings (SSSR count). The summed E-state index contributed by atoms with van der Waals surface area (Å²) in [7, 11) is 3.49. The van der Waals surface area contributed by atoms with Crippen LogP contribution in [0.5, 0.6) is 0 Å². The number of rotatable bonds is 8. The highest BCUT2D eigenvalue weighted by Gasteiger charge is 2.45. The highest BCUT2D eigenvalue weighted by molar-refractivity contribution is 6.27. The molecule has 0 aliphatic carbocycles. The average molecular weight is 658 g/mol. The molecule has 10 nitrogen and oxygen atoms in total. The number of piperidine rings is 1. The molecule has 1 fully saturated rings. The summed E-state index contributed by atoms with van der Waals surface area (Å²) in [4.78, 5) is 48.6. The molecule has 0 radical (unpaired) electrons. The number of benzene rings is 3. The molecular weight excluding hydrogens is 619 g/mol. The minimum absolute atomic E-state index is 0.0504. The molecular formula is C34H38F3N3O7. The van der Waals surface area contributed by atoms with Gasteiger partial charge in [0.1, 0.15) is 5.41 Å². The van der Waals surface area contributed by atoms with Crippen LogP contribution in [0, 0.1) is 0 Å². The zero-order chi connectivity index (χ0) is 34.9. The molecule has 47 heavy (non-hydrogen) atoms. The Morgan fingerprint density at radius 3 is 1.83 bits per heavy atom. The van der Waals surface area contributed by atoms with E-state index in [1.807, 2.05) is 67.6 Å². The Labute approximate surface area is 270 Å². The van der Waals surface area contributed by atoms with E-state index in [2.05, 4.69) is 10.2 Å². The van der Waals surface area contributed by atoms with Crippen molar-refractivity contribution in [3.05, 3.63) is 107 Å². The topological polar surface area (TPSA) is 147 Å². The minimum atomic E-state index is -4.56. The first kappa shape index (κ1) is 36.7. The molecule has 0 bridgehead atoms. The van der Waals surface area contributed by atoms with Crippen molar-refractivity contribution in [2.45, 2.75) is 49.5 Å². The van der Waals surface area contributed by atoms with Crippen LogP contribution in [-0.4, -0.2) is 94.2 Å². The van der Waals surface area contributed by atoms with Crippen molar-refractivity contribution >= 4 is 23.8 Å². The van der Waals surface area contributed by atoms with E-state index in [9.17, 15) is 27.9 Å². The third-order valence-corrected chi connectivity index (χ3v) is 8.09. The van der Waals surface area contributed by atoms with Crippen LogP contribution >= 0.6 is 0 Å². The number of carbonyl (C=O) groups excluding carboxylic acids is 2. The maximum atomic E-state index is 14.0. The van der Waals surface area contributed by atoms with E-state index in [0.29, 0.717) is 19.4 Å². The summed E-state index contributed by atoms with van der Waals surface area (Å²) < 4.78 is 39.3. The van der Waals surface area contributed by atoms with E-state index in [0.717, 1.165) is 23.3 Å². The second-order valence-corrected chi connectivity index (χ2v) is 11.5. The Hall–Kier alpha value is -4.75. The zero-order valence-electron chi connectivity index (χ0n) is 26.1. The van der Waals surface area contributed by atoms with Crippen LogP contribution in [0.3, 0.4) is 0 Å². The summed E-state index contributed by atoms with van der Waals surface area (Å²) in [6, 6.07) is 22.9. The first-order chi connectivity index (χ1) is 22.1. The van der Waals surface area contributed by atoms with Crippen LogP contribution in [0.4, 0.5) is 13.2 Å². The summed E-state index contributed by atoms with van der Waals surface area (Å²) in [5.41, 5.74) is -0.228. The number of carboxylic acids is 2. The maximum absolute atomic E-state index is 14.0. The molecule has 4 N–H and O–H groups in total. The van der Waals surface area contributed by atoms with Gasteiger partial charge in [0.15, 0.2) is 0 Å². The van der Waals surface area contributed by atoms with Crippen LogP contribution in [0.1, 0.15) is 46.8 Å². The molecule has 1 heterocycles. The van der Waals surface area contributed by atoms with Gasteiger partial charge in [-0.1, -0.05) is 66.7 Å². The highest BCUT2D eigenvalue weighted by atomic mass is 19.4. The van der Waals surface area contributed by atoms with E-state index in [1.165, 1.54) is 12.1 Å². The summed E-state index contributed by atoms with van der Waals surface area (Å²) >= 11 is 0. The Morgan fingerprint density at radius 2 is 1.38 bits per heavy atom. The molecule has 0 aromatic heterocycles. The summed E-state index contributed by atoms with van der Waals surface area (Å²) in [6.45, 7) is 2.80. The second kappa shape index (κ2) is 15.7. The van der Waals surface area contributed by atoms with Gasteiger partial charge in [0.2, 0.25) is 5.91 Å². The van der Waals surface area contributed by atoms with Gasteiger partial charge in [0.05, 0.1) is 17.7 Å². The number of β-amino-alcohol motifs (C(OH)–C–C–N with tert-alkyl or cyclic N) is 1. The SMILES string of the molecule is CC(CC(C(=O)N(C)C)(c1ccccc1)c1ccccc1)N1CC[C@@H](NC(=O)c2cccc(C(F)(F)F)c2)[C@@H](O)C1.O=C(O)C(=O)O. The summed E-state index contributed by atoms with van der Waals surface area (Å²) in [6.07, 6.45) is -4.64. The number of likely N-dealkylation sites (N-methyl/N-ethyl adjacent to an activating group) is 1. The number of likely N-dealkylation sites (tertiary alicyclic amines) is 1. The van der Waals surface area contributed by atoms with Gasteiger partial charge in [-0.2, -0.15) is 13.2 Å². The van der Waals surface area contributed by atoms with Gasteiger partial charge in [0.25, 0.3) is 5.91 Å². The molecule has 252 valence electrons. The van der Waals surface area contributed by atoms with Gasteiger partial charge in [-0.3, -0.25) is 14.5 Å². The second-order valence-electron chi connectivity index (χ2n) is 11.5. The first-order valence-electron chi connectivity index (χ1n) is 14.8. The summed E-state index contributed by atoms with van der Waals surface area (Å²) in [5, 5.41) is 28.5. The molecule has 13 heteroatoms. The maximum Gasteiger partial charge on any atom is 0.416 e. The fourth-order valence-corrected chi connectivity index (χ4v) is 5.75. The lowest BCUT2D eigenvalue weighted by Gasteiger charge is -2.44. The van der Waals surface area contributed by atoms with E-state index < -0.39 is 47.1 Å². The van der Waals surface area contributed by atoms with Crippen molar-refractivity contribution < 1.29 is 47.7 Å². The normalized spacial score (nSPS) is 17.4. The fourth-order valence-electron chi connectivity index (χ4n) is 5.75. The zero-order valence-corrected chi connectivity index (χ0v) is 26.1. The van der Waals surface area contributed by atoms with Gasteiger partial charge in [-0.25, -0.2) is 9.59 Å². The number of nitrogens with zero attached hydrogens (tertiary/aromatic N) is 2. The van der Waals surface area contributed by atoms with Crippen molar-refractivity contribution in [2.75, 3.05) is 27.2 Å². The molecule has 3 aromatic carbocycles. The van der Waals surface area contributed by atoms with Crippen molar-refractivity contribution in [2.24, 2.45) is 0 Å². The van der Waals surface area contributed by atoms with Crippen LogP contribution in [-0.2, 0) is 26.0 Å². The van der Waals surface area contributed by atoms with E-state index >= 15 is 0 Å². The quantitative estimate of drug-likeness (QED) is 0.267. The largest absolute Gasteiger partial charge is 0.473 e. The number of aliphatic hydroxyl groups is 1. The number of amides is 2. The number of aliphatic hydroxyl groups excluding tert-OH is 1. The molecule has 0 spiro atoms. The van der Waals surface area contributed by atoms with Gasteiger partial charge in [0, 0.05) is 38.8 Å². The van der Waals surface area contributed by atoms with E-state index in [4.69, 9.17) is 19.8 Å². The lowest BCUT2D eigenvalue weighted by atomic mass is 9.69. The van der Waals surface area contributed by atoms with Crippen LogP contribution in [0.2, 0.25) is 0 Å².